The number of aromatic nitrogens is 3. The molecule has 128 valence electrons. The average Bonchev–Trinajstić information content (AvgIpc) is 3.29. The van der Waals surface area contributed by atoms with E-state index in [2.05, 4.69) is 21.7 Å². The number of benzene rings is 1. The summed E-state index contributed by atoms with van der Waals surface area (Å²) in [6.07, 6.45) is 5.37. The summed E-state index contributed by atoms with van der Waals surface area (Å²) >= 11 is 5.44. The molecule has 4 atom stereocenters. The topological polar surface area (TPSA) is 42.8 Å². The van der Waals surface area contributed by atoms with Crippen LogP contribution in [0.15, 0.2) is 24.3 Å². The Morgan fingerprint density at radius 3 is 2.92 bits per heavy atom. The highest BCUT2D eigenvalue weighted by atomic mass is 32.1. The first-order valence-corrected chi connectivity index (χ1v) is 9.07. The molecular weight excluding hydrogens is 325 g/mol. The minimum absolute atomic E-state index is 0.208. The molecule has 2 bridgehead atoms. The highest BCUT2D eigenvalue weighted by Gasteiger charge is 2.42. The van der Waals surface area contributed by atoms with Crippen molar-refractivity contribution in [2.75, 3.05) is 0 Å². The van der Waals surface area contributed by atoms with Crippen molar-refractivity contribution in [3.8, 4) is 5.75 Å². The van der Waals surface area contributed by atoms with Crippen molar-refractivity contribution in [2.45, 2.75) is 45.3 Å². The molecule has 2 aromatic rings. The van der Waals surface area contributed by atoms with E-state index in [1.807, 2.05) is 0 Å². The molecule has 2 aliphatic carbocycles. The van der Waals surface area contributed by atoms with Crippen molar-refractivity contribution in [3.05, 3.63) is 40.7 Å². The smallest absolute Gasteiger partial charge is 0.195 e. The Hall–Kier alpha value is -1.69. The average molecular weight is 347 g/mol. The van der Waals surface area contributed by atoms with Crippen molar-refractivity contribution in [2.24, 2.45) is 17.8 Å². The first kappa shape index (κ1) is 15.8. The number of nitrogens with one attached hydrogen (secondary N) is 1. The molecule has 4 nitrogen and oxygen atoms in total. The van der Waals surface area contributed by atoms with Crippen molar-refractivity contribution in [1.29, 1.82) is 0 Å². The van der Waals surface area contributed by atoms with E-state index < -0.39 is 0 Å². The molecule has 0 radical (unpaired) electrons. The minimum Gasteiger partial charge on any atom is -0.483 e. The van der Waals surface area contributed by atoms with E-state index in [4.69, 9.17) is 17.0 Å². The molecule has 1 heterocycles. The largest absolute Gasteiger partial charge is 0.483 e. The van der Waals surface area contributed by atoms with E-state index >= 15 is 0 Å². The molecule has 0 unspecified atom stereocenters. The van der Waals surface area contributed by atoms with Crippen molar-refractivity contribution >= 4 is 12.2 Å². The van der Waals surface area contributed by atoms with Gasteiger partial charge in [-0.15, -0.1) is 0 Å². The van der Waals surface area contributed by atoms with Crippen LogP contribution in [0.25, 0.3) is 0 Å². The third-order valence-corrected chi connectivity index (χ3v) is 6.08. The Morgan fingerprint density at radius 1 is 1.38 bits per heavy atom. The second-order valence-corrected chi connectivity index (χ2v) is 7.50. The first-order valence-electron chi connectivity index (χ1n) is 8.66. The summed E-state index contributed by atoms with van der Waals surface area (Å²) < 4.78 is 22.0. The Morgan fingerprint density at radius 2 is 2.21 bits per heavy atom. The molecule has 24 heavy (non-hydrogen) atoms. The molecule has 2 aliphatic rings. The van der Waals surface area contributed by atoms with Crippen LogP contribution < -0.4 is 4.74 Å². The van der Waals surface area contributed by atoms with E-state index in [0.717, 1.165) is 17.7 Å². The molecule has 1 aromatic carbocycles. The highest BCUT2D eigenvalue weighted by molar-refractivity contribution is 7.71. The molecule has 1 N–H and O–H groups in total. The number of ether oxygens (including phenoxy) is 1. The predicted molar refractivity (Wildman–Crippen MR) is 91.8 cm³/mol. The standard InChI is InChI=1S/C18H22FN3OS/c1-11(14-9-12-6-7-13(14)8-12)22-17(20-21-18(22)24)10-23-16-5-3-2-4-15(16)19/h2-5,11-14H,6-10H2,1H3,(H,21,24)/t11-,12+,13+,14+/m0/s1. The Labute approximate surface area is 146 Å². The molecule has 2 fully saturated rings. The van der Waals surface area contributed by atoms with Crippen molar-refractivity contribution in [1.82, 2.24) is 14.8 Å². The monoisotopic (exact) mass is 347 g/mol. The molecule has 4 rings (SSSR count). The van der Waals surface area contributed by atoms with Crippen LogP contribution in [0, 0.1) is 28.3 Å². The summed E-state index contributed by atoms with van der Waals surface area (Å²) in [5, 5.41) is 7.19. The van der Waals surface area contributed by atoms with Gasteiger partial charge in [-0.25, -0.2) is 4.39 Å². The molecule has 0 spiro atoms. The van der Waals surface area contributed by atoms with E-state index in [-0.39, 0.29) is 18.2 Å². The maximum Gasteiger partial charge on any atom is 0.195 e. The van der Waals surface area contributed by atoms with Crippen molar-refractivity contribution < 1.29 is 9.13 Å². The van der Waals surface area contributed by atoms with Crippen molar-refractivity contribution in [3.63, 3.8) is 0 Å². The molecule has 0 aliphatic heterocycles. The third-order valence-electron chi connectivity index (χ3n) is 5.79. The number of hydrogen-bond acceptors (Lipinski definition) is 3. The van der Waals surface area contributed by atoms with Gasteiger partial charge in [0.15, 0.2) is 22.2 Å². The van der Waals surface area contributed by atoms with E-state index in [1.54, 1.807) is 18.2 Å². The number of halogens is 1. The van der Waals surface area contributed by atoms with Crippen LogP contribution in [0.3, 0.4) is 0 Å². The van der Waals surface area contributed by atoms with Gasteiger partial charge in [0.25, 0.3) is 0 Å². The third kappa shape index (κ3) is 2.77. The fourth-order valence-corrected chi connectivity index (χ4v) is 4.96. The van der Waals surface area contributed by atoms with Gasteiger partial charge < -0.3 is 4.74 Å². The second kappa shape index (κ2) is 6.31. The van der Waals surface area contributed by atoms with Crippen LogP contribution in [0.5, 0.6) is 5.75 Å². The van der Waals surface area contributed by atoms with Gasteiger partial charge in [0.2, 0.25) is 0 Å². The summed E-state index contributed by atoms with van der Waals surface area (Å²) in [7, 11) is 0. The van der Waals surface area contributed by atoms with Crippen LogP contribution in [0.4, 0.5) is 4.39 Å². The van der Waals surface area contributed by atoms with Gasteiger partial charge in [0, 0.05) is 6.04 Å². The molecular formula is C18H22FN3OS. The van der Waals surface area contributed by atoms with E-state index in [9.17, 15) is 4.39 Å². The quantitative estimate of drug-likeness (QED) is 0.800. The predicted octanol–water partition coefficient (Wildman–Crippen LogP) is 4.66. The number of aromatic amines is 1. The maximum absolute atomic E-state index is 13.7. The summed E-state index contributed by atoms with van der Waals surface area (Å²) in [5.74, 6) is 2.97. The summed E-state index contributed by atoms with van der Waals surface area (Å²) in [6.45, 7) is 2.43. The molecule has 1 aromatic heterocycles. The minimum atomic E-state index is -0.362. The number of hydrogen-bond donors (Lipinski definition) is 1. The highest BCUT2D eigenvalue weighted by Crippen LogP contribution is 2.52. The normalized spacial score (nSPS) is 26.7. The lowest BCUT2D eigenvalue weighted by molar-refractivity contribution is 0.221. The lowest BCUT2D eigenvalue weighted by atomic mass is 9.84. The van der Waals surface area contributed by atoms with Crippen LogP contribution in [0.1, 0.15) is 44.5 Å². The SMILES string of the molecule is C[C@@H]([C@H]1C[C@@H]2CC[C@@H]1C2)n1c(COc2ccccc2F)n[nH]c1=S. The van der Waals surface area contributed by atoms with Gasteiger partial charge in [-0.05, 0) is 68.3 Å². The number of rotatable bonds is 5. The summed E-state index contributed by atoms with van der Waals surface area (Å²) in [5.41, 5.74) is 0. The van der Waals surface area contributed by atoms with Crippen LogP contribution >= 0.6 is 12.2 Å². The number of para-hydroxylation sites is 1. The molecule has 0 saturated heterocycles. The Kier molecular flexibility index (Phi) is 4.16. The van der Waals surface area contributed by atoms with Crippen LogP contribution in [-0.4, -0.2) is 14.8 Å². The summed E-state index contributed by atoms with van der Waals surface area (Å²) in [4.78, 5) is 0. The van der Waals surface area contributed by atoms with Crippen LogP contribution in [0.2, 0.25) is 0 Å². The Bertz CT molecular complexity index is 787. The second-order valence-electron chi connectivity index (χ2n) is 7.11. The zero-order chi connectivity index (χ0) is 16.7. The summed E-state index contributed by atoms with van der Waals surface area (Å²) in [6, 6.07) is 6.72. The van der Waals surface area contributed by atoms with Gasteiger partial charge in [-0.1, -0.05) is 18.6 Å². The maximum atomic E-state index is 13.7. The van der Waals surface area contributed by atoms with Gasteiger partial charge >= 0.3 is 0 Å². The first-order chi connectivity index (χ1) is 11.6. The van der Waals surface area contributed by atoms with Gasteiger partial charge in [0.1, 0.15) is 6.61 Å². The lowest BCUT2D eigenvalue weighted by Gasteiger charge is -2.29. The molecule has 6 heteroatoms. The molecule has 2 saturated carbocycles. The van der Waals surface area contributed by atoms with Gasteiger partial charge in [-0.2, -0.15) is 5.10 Å². The lowest BCUT2D eigenvalue weighted by Crippen LogP contribution is -2.24. The van der Waals surface area contributed by atoms with Crippen LogP contribution in [-0.2, 0) is 6.61 Å². The zero-order valence-corrected chi connectivity index (χ0v) is 14.6. The zero-order valence-electron chi connectivity index (χ0n) is 13.7. The van der Waals surface area contributed by atoms with E-state index in [1.165, 1.54) is 31.7 Å². The van der Waals surface area contributed by atoms with Gasteiger partial charge in [-0.3, -0.25) is 9.67 Å². The van der Waals surface area contributed by atoms with Gasteiger partial charge in [0.05, 0.1) is 0 Å². The fourth-order valence-electron chi connectivity index (χ4n) is 4.64. The number of nitrogens with zero attached hydrogens (tertiary/aromatic N) is 2. The fraction of sp³-hybridized carbons (Fsp3) is 0.556. The van der Waals surface area contributed by atoms with E-state index in [0.29, 0.717) is 16.7 Å². The number of fused-ring (bicyclic) bond motifs is 2. The number of H-pyrrole nitrogens is 1. The Balaban J connectivity index is 1.53. The molecule has 0 amide bonds.